The summed E-state index contributed by atoms with van der Waals surface area (Å²) in [7, 11) is 0. The lowest BCUT2D eigenvalue weighted by molar-refractivity contribution is 0.184. The molecular weight excluding hydrogens is 294 g/mol. The average molecular weight is 316 g/mol. The predicted molar refractivity (Wildman–Crippen MR) is 78.1 cm³/mol. The van der Waals surface area contributed by atoms with E-state index in [1.807, 2.05) is 18.2 Å². The number of benzene rings is 1. The van der Waals surface area contributed by atoms with Crippen LogP contribution in [0.4, 0.5) is 0 Å². The second kappa shape index (κ2) is 7.77. The molecule has 1 aromatic rings. The van der Waals surface area contributed by atoms with Gasteiger partial charge in [0.05, 0.1) is 6.10 Å². The number of halogens is 1. The van der Waals surface area contributed by atoms with Crippen molar-refractivity contribution in [3.05, 3.63) is 28.2 Å². The Bertz CT molecular complexity index is 365. The summed E-state index contributed by atoms with van der Waals surface area (Å²) in [6.07, 6.45) is -0.512. The van der Waals surface area contributed by atoms with Crippen molar-refractivity contribution >= 4 is 15.9 Å². The average Bonchev–Trinajstić information content (AvgIpc) is 2.34. The van der Waals surface area contributed by atoms with Gasteiger partial charge in [-0.3, -0.25) is 0 Å². The first-order valence-corrected chi connectivity index (χ1v) is 7.20. The molecule has 4 heteroatoms. The van der Waals surface area contributed by atoms with E-state index < -0.39 is 6.10 Å². The second-order valence-electron chi connectivity index (χ2n) is 4.23. The summed E-state index contributed by atoms with van der Waals surface area (Å²) in [6.45, 7) is 9.63. The van der Waals surface area contributed by atoms with E-state index in [1.54, 1.807) is 6.92 Å². The smallest absolute Gasteiger partial charge is 0.126 e. The van der Waals surface area contributed by atoms with Crippen molar-refractivity contribution in [1.29, 1.82) is 0 Å². The first kappa shape index (κ1) is 15.5. The Morgan fingerprint density at radius 1 is 1.33 bits per heavy atom. The number of likely N-dealkylation sites (N-methyl/N-ethyl adjacent to an activating group) is 1. The van der Waals surface area contributed by atoms with Crippen LogP contribution < -0.4 is 4.74 Å². The summed E-state index contributed by atoms with van der Waals surface area (Å²) in [5.41, 5.74) is 0.831. The molecule has 0 saturated carbocycles. The van der Waals surface area contributed by atoms with E-state index in [0.29, 0.717) is 6.61 Å². The lowest BCUT2D eigenvalue weighted by Crippen LogP contribution is -2.28. The topological polar surface area (TPSA) is 32.7 Å². The molecule has 18 heavy (non-hydrogen) atoms. The van der Waals surface area contributed by atoms with Crippen molar-refractivity contribution in [2.24, 2.45) is 0 Å². The van der Waals surface area contributed by atoms with Crippen LogP contribution in [0.3, 0.4) is 0 Å². The molecule has 0 heterocycles. The van der Waals surface area contributed by atoms with Crippen LogP contribution >= 0.6 is 15.9 Å². The molecule has 0 amide bonds. The second-order valence-corrected chi connectivity index (χ2v) is 5.15. The quantitative estimate of drug-likeness (QED) is 0.838. The van der Waals surface area contributed by atoms with Gasteiger partial charge in [0.15, 0.2) is 0 Å². The van der Waals surface area contributed by atoms with Gasteiger partial charge in [0, 0.05) is 16.6 Å². The number of hydrogen-bond donors (Lipinski definition) is 1. The molecule has 0 unspecified atom stereocenters. The van der Waals surface area contributed by atoms with Crippen LogP contribution in [0.25, 0.3) is 0 Å². The van der Waals surface area contributed by atoms with Gasteiger partial charge in [0.25, 0.3) is 0 Å². The Hall–Kier alpha value is -0.580. The Morgan fingerprint density at radius 2 is 2.00 bits per heavy atom. The highest BCUT2D eigenvalue weighted by molar-refractivity contribution is 9.10. The normalized spacial score (nSPS) is 12.8. The predicted octanol–water partition coefficient (Wildman–Crippen LogP) is 3.22. The van der Waals surface area contributed by atoms with Gasteiger partial charge < -0.3 is 14.7 Å². The largest absolute Gasteiger partial charge is 0.492 e. The van der Waals surface area contributed by atoms with Gasteiger partial charge in [-0.15, -0.1) is 0 Å². The van der Waals surface area contributed by atoms with Crippen LogP contribution in [-0.2, 0) is 0 Å². The highest BCUT2D eigenvalue weighted by atomic mass is 79.9. The Kier molecular flexibility index (Phi) is 6.68. The molecule has 1 aromatic carbocycles. The third-order valence-corrected chi connectivity index (χ3v) is 3.48. The molecule has 0 saturated heterocycles. The fourth-order valence-corrected chi connectivity index (χ4v) is 2.14. The first-order valence-electron chi connectivity index (χ1n) is 6.41. The SMILES string of the molecule is CCN(CC)CCOc1cc(Br)ccc1[C@@H](C)O. The summed E-state index contributed by atoms with van der Waals surface area (Å²) in [5, 5.41) is 9.69. The Labute approximate surface area is 118 Å². The van der Waals surface area contributed by atoms with Gasteiger partial charge >= 0.3 is 0 Å². The van der Waals surface area contributed by atoms with Crippen LogP contribution in [0.1, 0.15) is 32.4 Å². The van der Waals surface area contributed by atoms with Gasteiger partial charge in [-0.25, -0.2) is 0 Å². The molecule has 0 aromatic heterocycles. The lowest BCUT2D eigenvalue weighted by atomic mass is 10.1. The fraction of sp³-hybridized carbons (Fsp3) is 0.571. The number of nitrogens with zero attached hydrogens (tertiary/aromatic N) is 1. The summed E-state index contributed by atoms with van der Waals surface area (Å²) in [6, 6.07) is 5.71. The van der Waals surface area contributed by atoms with Crippen LogP contribution in [0.2, 0.25) is 0 Å². The lowest BCUT2D eigenvalue weighted by Gasteiger charge is -2.19. The number of hydrogen-bond acceptors (Lipinski definition) is 3. The standard InChI is InChI=1S/C14H22BrNO2/c1-4-16(5-2)8-9-18-14-10-12(15)6-7-13(14)11(3)17/h6-7,10-11,17H,4-5,8-9H2,1-3H3/t11-/m1/s1. The highest BCUT2D eigenvalue weighted by Crippen LogP contribution is 2.28. The third kappa shape index (κ3) is 4.59. The van der Waals surface area contributed by atoms with Crippen molar-refractivity contribution in [1.82, 2.24) is 4.90 Å². The summed E-state index contributed by atoms with van der Waals surface area (Å²) in [5.74, 6) is 0.756. The van der Waals surface area contributed by atoms with Crippen LogP contribution in [0.5, 0.6) is 5.75 Å². The van der Waals surface area contributed by atoms with Crippen molar-refractivity contribution in [2.75, 3.05) is 26.2 Å². The summed E-state index contributed by atoms with van der Waals surface area (Å²) >= 11 is 3.42. The molecular formula is C14H22BrNO2. The maximum absolute atomic E-state index is 9.69. The Morgan fingerprint density at radius 3 is 2.56 bits per heavy atom. The minimum absolute atomic E-state index is 0.512. The molecule has 0 spiro atoms. The van der Waals surface area contributed by atoms with E-state index in [-0.39, 0.29) is 0 Å². The van der Waals surface area contributed by atoms with E-state index >= 15 is 0 Å². The van der Waals surface area contributed by atoms with Gasteiger partial charge in [0.1, 0.15) is 12.4 Å². The monoisotopic (exact) mass is 315 g/mol. The van der Waals surface area contributed by atoms with Crippen molar-refractivity contribution < 1.29 is 9.84 Å². The molecule has 0 aliphatic carbocycles. The zero-order chi connectivity index (χ0) is 13.5. The minimum atomic E-state index is -0.512. The molecule has 0 aliphatic heterocycles. The maximum atomic E-state index is 9.69. The van der Waals surface area contributed by atoms with Crippen LogP contribution in [0, 0.1) is 0 Å². The highest BCUT2D eigenvalue weighted by Gasteiger charge is 2.10. The van der Waals surface area contributed by atoms with Gasteiger partial charge in [-0.2, -0.15) is 0 Å². The van der Waals surface area contributed by atoms with Gasteiger partial charge in [-0.05, 0) is 32.1 Å². The van der Waals surface area contributed by atoms with Crippen molar-refractivity contribution in [2.45, 2.75) is 26.9 Å². The zero-order valence-corrected chi connectivity index (χ0v) is 12.9. The van der Waals surface area contributed by atoms with Crippen molar-refractivity contribution in [3.8, 4) is 5.75 Å². The molecule has 0 aliphatic rings. The van der Waals surface area contributed by atoms with Crippen LogP contribution in [0.15, 0.2) is 22.7 Å². The molecule has 0 bridgehead atoms. The number of ether oxygens (including phenoxy) is 1. The van der Waals surface area contributed by atoms with Gasteiger partial charge in [0.2, 0.25) is 0 Å². The first-order chi connectivity index (χ1) is 8.58. The molecule has 1 rings (SSSR count). The molecule has 3 nitrogen and oxygen atoms in total. The fourth-order valence-electron chi connectivity index (χ4n) is 1.80. The minimum Gasteiger partial charge on any atom is -0.492 e. The molecule has 1 atom stereocenters. The van der Waals surface area contributed by atoms with E-state index in [4.69, 9.17) is 4.74 Å². The summed E-state index contributed by atoms with van der Waals surface area (Å²) in [4.78, 5) is 2.31. The number of aliphatic hydroxyl groups is 1. The molecule has 102 valence electrons. The van der Waals surface area contributed by atoms with Crippen LogP contribution in [-0.4, -0.2) is 36.2 Å². The number of aliphatic hydroxyl groups excluding tert-OH is 1. The van der Waals surface area contributed by atoms with E-state index in [9.17, 15) is 5.11 Å². The zero-order valence-electron chi connectivity index (χ0n) is 11.3. The number of rotatable bonds is 7. The van der Waals surface area contributed by atoms with Gasteiger partial charge in [-0.1, -0.05) is 35.8 Å². The van der Waals surface area contributed by atoms with E-state index in [2.05, 4.69) is 34.7 Å². The molecule has 0 fully saturated rings. The Balaban J connectivity index is 2.63. The van der Waals surface area contributed by atoms with Crippen molar-refractivity contribution in [3.63, 3.8) is 0 Å². The maximum Gasteiger partial charge on any atom is 0.126 e. The molecule has 1 N–H and O–H groups in total. The molecule has 0 radical (unpaired) electrons. The summed E-state index contributed by atoms with van der Waals surface area (Å²) < 4.78 is 6.74. The van der Waals surface area contributed by atoms with E-state index in [1.165, 1.54) is 0 Å². The third-order valence-electron chi connectivity index (χ3n) is 2.99. The van der Waals surface area contributed by atoms with E-state index in [0.717, 1.165) is 35.4 Å².